The number of benzene rings is 2. The molecule has 0 fully saturated rings. The van der Waals surface area contributed by atoms with E-state index in [1.54, 1.807) is 28.0 Å². The average molecular weight is 386 g/mol. The van der Waals surface area contributed by atoms with Crippen molar-refractivity contribution in [2.24, 2.45) is 0 Å². The highest BCUT2D eigenvalue weighted by Crippen LogP contribution is 2.31. The third-order valence-corrected chi connectivity index (χ3v) is 5.98. The van der Waals surface area contributed by atoms with Crippen LogP contribution in [0.5, 0.6) is 0 Å². The van der Waals surface area contributed by atoms with Gasteiger partial charge in [-0.15, -0.1) is 11.8 Å². The monoisotopic (exact) mass is 385 g/mol. The van der Waals surface area contributed by atoms with E-state index in [1.165, 1.54) is 0 Å². The van der Waals surface area contributed by atoms with E-state index >= 15 is 0 Å². The average Bonchev–Trinajstić information content (AvgIpc) is 3.07. The summed E-state index contributed by atoms with van der Waals surface area (Å²) in [7, 11) is 4.02. The van der Waals surface area contributed by atoms with Gasteiger partial charge in [0, 0.05) is 23.5 Å². The molecule has 0 aliphatic carbocycles. The smallest absolute Gasteiger partial charge is 0.260 e. The first-order valence-electron chi connectivity index (χ1n) is 8.46. The molecule has 0 saturated carbocycles. The molecule has 0 saturated heterocycles. The lowest BCUT2D eigenvalue weighted by atomic mass is 10.2. The molecule has 3 rings (SSSR count). The Bertz CT molecular complexity index is 903. The number of hydrogen-bond acceptors (Lipinski definition) is 5. The standard InChI is InChI=1S/C20H23N3OS2/c1-14-6-5-7-17-18(14)21-20(26-17)23(13-12-22(2)3)19(24)15-8-10-16(25-4)11-9-15/h5-11H,12-13H2,1-4H3. The Labute approximate surface area is 162 Å². The van der Waals surface area contributed by atoms with Crippen LogP contribution in [0.2, 0.25) is 0 Å². The molecule has 0 N–H and O–H groups in total. The van der Waals surface area contributed by atoms with Crippen molar-refractivity contribution in [1.29, 1.82) is 0 Å². The summed E-state index contributed by atoms with van der Waals surface area (Å²) < 4.78 is 1.11. The summed E-state index contributed by atoms with van der Waals surface area (Å²) in [6.07, 6.45) is 2.03. The van der Waals surface area contributed by atoms with Crippen molar-refractivity contribution in [3.63, 3.8) is 0 Å². The van der Waals surface area contributed by atoms with E-state index < -0.39 is 0 Å². The number of hydrogen-bond donors (Lipinski definition) is 0. The lowest BCUT2D eigenvalue weighted by molar-refractivity contribution is 0.0985. The normalized spacial score (nSPS) is 11.3. The molecule has 0 unspecified atom stereocenters. The van der Waals surface area contributed by atoms with Gasteiger partial charge in [-0.25, -0.2) is 4.98 Å². The van der Waals surface area contributed by atoms with Crippen LogP contribution in [-0.2, 0) is 0 Å². The van der Waals surface area contributed by atoms with E-state index in [9.17, 15) is 4.79 Å². The van der Waals surface area contributed by atoms with Crippen LogP contribution in [0.3, 0.4) is 0 Å². The Morgan fingerprint density at radius 2 is 1.85 bits per heavy atom. The minimum atomic E-state index is -0.00351. The number of nitrogens with zero attached hydrogens (tertiary/aromatic N) is 3. The fraction of sp³-hybridized carbons (Fsp3) is 0.300. The minimum absolute atomic E-state index is 0.00351. The number of para-hydroxylation sites is 1. The SMILES string of the molecule is CSc1ccc(C(=O)N(CCN(C)C)c2nc3c(C)cccc3s2)cc1. The third-order valence-electron chi connectivity index (χ3n) is 4.19. The highest BCUT2D eigenvalue weighted by molar-refractivity contribution is 7.98. The fourth-order valence-corrected chi connectivity index (χ4v) is 4.14. The zero-order valence-corrected chi connectivity index (χ0v) is 17.2. The molecule has 1 aromatic heterocycles. The second-order valence-corrected chi connectivity index (χ2v) is 8.30. The van der Waals surface area contributed by atoms with E-state index in [2.05, 4.69) is 24.0 Å². The summed E-state index contributed by atoms with van der Waals surface area (Å²) in [5.74, 6) is -0.00351. The lowest BCUT2D eigenvalue weighted by Crippen LogP contribution is -2.36. The van der Waals surface area contributed by atoms with E-state index in [0.29, 0.717) is 12.1 Å². The molecule has 136 valence electrons. The summed E-state index contributed by atoms with van der Waals surface area (Å²) in [4.78, 5) is 23.0. The number of fused-ring (bicyclic) bond motifs is 1. The van der Waals surface area contributed by atoms with Crippen LogP contribution in [0.25, 0.3) is 10.2 Å². The van der Waals surface area contributed by atoms with E-state index in [1.807, 2.05) is 50.7 Å². The number of likely N-dealkylation sites (N-methyl/N-ethyl adjacent to an activating group) is 1. The van der Waals surface area contributed by atoms with Crippen molar-refractivity contribution in [2.75, 3.05) is 38.3 Å². The largest absolute Gasteiger partial charge is 0.308 e. The van der Waals surface area contributed by atoms with Crippen LogP contribution in [0.15, 0.2) is 47.4 Å². The first-order valence-corrected chi connectivity index (χ1v) is 10.5. The predicted molar refractivity (Wildman–Crippen MR) is 113 cm³/mol. The zero-order valence-electron chi connectivity index (χ0n) is 15.5. The third kappa shape index (κ3) is 4.09. The molecule has 1 amide bonds. The first-order chi connectivity index (χ1) is 12.5. The molecule has 3 aromatic rings. The summed E-state index contributed by atoms with van der Waals surface area (Å²) in [5, 5.41) is 0.759. The van der Waals surface area contributed by atoms with Gasteiger partial charge in [0.1, 0.15) is 0 Å². The van der Waals surface area contributed by atoms with Crippen LogP contribution >= 0.6 is 23.1 Å². The summed E-state index contributed by atoms with van der Waals surface area (Å²) in [6.45, 7) is 3.44. The number of carbonyl (C=O) groups is 1. The van der Waals surface area contributed by atoms with Crippen LogP contribution in [0.4, 0.5) is 5.13 Å². The molecule has 26 heavy (non-hydrogen) atoms. The van der Waals surface area contributed by atoms with Crippen LogP contribution in [0.1, 0.15) is 15.9 Å². The van der Waals surface area contributed by atoms with E-state index in [-0.39, 0.29) is 5.91 Å². The van der Waals surface area contributed by atoms with Gasteiger partial charge in [0.05, 0.1) is 10.2 Å². The Morgan fingerprint density at radius 3 is 2.46 bits per heavy atom. The quantitative estimate of drug-likeness (QED) is 0.584. The number of anilines is 1. The fourth-order valence-electron chi connectivity index (χ4n) is 2.66. The van der Waals surface area contributed by atoms with Crippen LogP contribution in [-0.4, -0.2) is 49.2 Å². The lowest BCUT2D eigenvalue weighted by Gasteiger charge is -2.22. The van der Waals surface area contributed by atoms with E-state index in [4.69, 9.17) is 4.98 Å². The molecule has 0 aliphatic rings. The van der Waals surface area contributed by atoms with Crippen molar-refractivity contribution in [1.82, 2.24) is 9.88 Å². The Kier molecular flexibility index (Phi) is 5.96. The molecule has 0 spiro atoms. The Hall–Kier alpha value is -1.89. The molecule has 2 aromatic carbocycles. The number of rotatable bonds is 6. The number of aryl methyl sites for hydroxylation is 1. The van der Waals surface area contributed by atoms with Crippen molar-refractivity contribution < 1.29 is 4.79 Å². The van der Waals surface area contributed by atoms with Gasteiger partial charge in [0.25, 0.3) is 5.91 Å². The van der Waals surface area contributed by atoms with Gasteiger partial charge in [-0.2, -0.15) is 0 Å². The molecule has 0 atom stereocenters. The van der Waals surface area contributed by atoms with Crippen molar-refractivity contribution >= 4 is 44.4 Å². The highest BCUT2D eigenvalue weighted by Gasteiger charge is 2.21. The molecule has 6 heteroatoms. The Morgan fingerprint density at radius 1 is 1.12 bits per heavy atom. The number of carbonyl (C=O) groups excluding carboxylic acids is 1. The molecule has 4 nitrogen and oxygen atoms in total. The molecule has 1 heterocycles. The van der Waals surface area contributed by atoms with Crippen molar-refractivity contribution in [3.8, 4) is 0 Å². The van der Waals surface area contributed by atoms with E-state index in [0.717, 1.165) is 32.4 Å². The predicted octanol–water partition coefficient (Wildman–Crippen LogP) is 4.54. The topological polar surface area (TPSA) is 36.4 Å². The van der Waals surface area contributed by atoms with Crippen LogP contribution in [0, 0.1) is 6.92 Å². The van der Waals surface area contributed by atoms with Gasteiger partial charge in [-0.05, 0) is 63.2 Å². The van der Waals surface area contributed by atoms with Gasteiger partial charge >= 0.3 is 0 Å². The van der Waals surface area contributed by atoms with Gasteiger partial charge in [0.15, 0.2) is 5.13 Å². The summed E-state index contributed by atoms with van der Waals surface area (Å²) in [6, 6.07) is 13.9. The van der Waals surface area contributed by atoms with Gasteiger partial charge in [-0.1, -0.05) is 23.5 Å². The maximum absolute atomic E-state index is 13.2. The number of thiazole rings is 1. The number of aromatic nitrogens is 1. The van der Waals surface area contributed by atoms with Gasteiger partial charge < -0.3 is 4.90 Å². The second kappa shape index (κ2) is 8.20. The molecular weight excluding hydrogens is 362 g/mol. The Balaban J connectivity index is 1.97. The molecule has 0 radical (unpaired) electrons. The zero-order chi connectivity index (χ0) is 18.7. The minimum Gasteiger partial charge on any atom is -0.308 e. The summed E-state index contributed by atoms with van der Waals surface area (Å²) in [5.41, 5.74) is 2.81. The maximum Gasteiger partial charge on any atom is 0.260 e. The molecule has 0 aliphatic heterocycles. The van der Waals surface area contributed by atoms with Crippen LogP contribution < -0.4 is 4.90 Å². The van der Waals surface area contributed by atoms with Gasteiger partial charge in [-0.3, -0.25) is 9.69 Å². The highest BCUT2D eigenvalue weighted by atomic mass is 32.2. The first kappa shape index (κ1) is 18.9. The number of thioether (sulfide) groups is 1. The molecular formula is C20H23N3OS2. The van der Waals surface area contributed by atoms with Gasteiger partial charge in [0.2, 0.25) is 0 Å². The summed E-state index contributed by atoms with van der Waals surface area (Å²) >= 11 is 3.24. The second-order valence-electron chi connectivity index (χ2n) is 6.41. The van der Waals surface area contributed by atoms with Crippen molar-refractivity contribution in [2.45, 2.75) is 11.8 Å². The number of amides is 1. The van der Waals surface area contributed by atoms with Crippen molar-refractivity contribution in [3.05, 3.63) is 53.6 Å². The maximum atomic E-state index is 13.2. The molecule has 0 bridgehead atoms.